The van der Waals surface area contributed by atoms with Gasteiger partial charge in [-0.2, -0.15) is 0 Å². The zero-order chi connectivity index (χ0) is 13.8. The molecule has 0 unspecified atom stereocenters. The Hall–Kier alpha value is -0.980. The molecule has 1 rings (SSSR count). The first kappa shape index (κ1) is 24.3. The summed E-state index contributed by atoms with van der Waals surface area (Å²) in [6.45, 7) is 16.0. The number of hydrogen-bond donors (Lipinski definition) is 0. The average molecular weight is 228 g/mol. The van der Waals surface area contributed by atoms with Crippen LogP contribution >= 0.6 is 0 Å². The summed E-state index contributed by atoms with van der Waals surface area (Å²) in [7, 11) is 1.66. The van der Waals surface area contributed by atoms with Gasteiger partial charge >= 0.3 is 0 Å². The summed E-state index contributed by atoms with van der Waals surface area (Å²) < 4.78 is 4.91. The van der Waals surface area contributed by atoms with Gasteiger partial charge in [0.15, 0.2) is 0 Å². The Balaban J connectivity index is -0.0000000771. The highest BCUT2D eigenvalue weighted by atomic mass is 16.5. The molecule has 98 valence electrons. The molecule has 1 aromatic rings. The predicted molar refractivity (Wildman–Crippen MR) is 78.4 cm³/mol. The monoisotopic (exact) mass is 228 g/mol. The highest BCUT2D eigenvalue weighted by Gasteiger charge is 1.80. The minimum absolute atomic E-state index is 0.910. The van der Waals surface area contributed by atoms with Gasteiger partial charge in [0.25, 0.3) is 0 Å². The van der Waals surface area contributed by atoms with Gasteiger partial charge in [-0.15, -0.1) is 0 Å². The van der Waals surface area contributed by atoms with E-state index in [4.69, 9.17) is 4.74 Å². The molecule has 0 heterocycles. The van der Waals surface area contributed by atoms with Crippen LogP contribution in [0.3, 0.4) is 0 Å². The number of ether oxygens (including phenoxy) is 1. The van der Waals surface area contributed by atoms with Gasteiger partial charge in [0.1, 0.15) is 5.75 Å². The van der Waals surface area contributed by atoms with Crippen LogP contribution in [0.1, 0.15) is 55.4 Å². The van der Waals surface area contributed by atoms with Gasteiger partial charge in [0, 0.05) is 0 Å². The zero-order valence-corrected chi connectivity index (χ0v) is 12.8. The van der Waals surface area contributed by atoms with E-state index in [1.807, 2.05) is 85.7 Å². The molecule has 0 aliphatic carbocycles. The summed E-state index contributed by atoms with van der Waals surface area (Å²) in [4.78, 5) is 0. The maximum Gasteiger partial charge on any atom is 0.118 e. The van der Waals surface area contributed by atoms with Crippen molar-refractivity contribution in [1.82, 2.24) is 0 Å². The molecular formula is C15H32O. The van der Waals surface area contributed by atoms with E-state index in [0.717, 1.165) is 5.75 Å². The van der Waals surface area contributed by atoms with Gasteiger partial charge in [0.05, 0.1) is 7.11 Å². The minimum Gasteiger partial charge on any atom is -0.497 e. The predicted octanol–water partition coefficient (Wildman–Crippen LogP) is 5.80. The van der Waals surface area contributed by atoms with Crippen molar-refractivity contribution in [1.29, 1.82) is 0 Å². The molecule has 0 spiro atoms. The second kappa shape index (κ2) is 37.0. The lowest BCUT2D eigenvalue weighted by molar-refractivity contribution is 0.415. The van der Waals surface area contributed by atoms with Crippen LogP contribution in [-0.4, -0.2) is 7.11 Å². The standard InChI is InChI=1S/C7H8O.4C2H6/c1-8-7-5-3-2-4-6-7;4*1-2/h2-6H,1H3;4*1-2H3. The molecule has 0 N–H and O–H groups in total. The van der Waals surface area contributed by atoms with Crippen LogP contribution in [-0.2, 0) is 0 Å². The summed E-state index contributed by atoms with van der Waals surface area (Å²) in [5, 5.41) is 0. The molecule has 0 atom stereocenters. The first-order valence-corrected chi connectivity index (χ1v) is 6.52. The van der Waals surface area contributed by atoms with E-state index in [0.29, 0.717) is 0 Å². The normalized spacial score (nSPS) is 5.81. The smallest absolute Gasteiger partial charge is 0.118 e. The number of benzene rings is 1. The third-order valence-corrected chi connectivity index (χ3v) is 0.979. The van der Waals surface area contributed by atoms with E-state index in [2.05, 4.69) is 0 Å². The van der Waals surface area contributed by atoms with Gasteiger partial charge in [-0.3, -0.25) is 0 Å². The fraction of sp³-hybridized carbons (Fsp3) is 0.600. The Morgan fingerprint density at radius 2 is 0.938 bits per heavy atom. The Morgan fingerprint density at radius 1 is 0.625 bits per heavy atom. The largest absolute Gasteiger partial charge is 0.497 e. The lowest BCUT2D eigenvalue weighted by Crippen LogP contribution is -1.78. The molecular weight excluding hydrogens is 196 g/mol. The summed E-state index contributed by atoms with van der Waals surface area (Å²) in [5.41, 5.74) is 0. The van der Waals surface area contributed by atoms with Crippen molar-refractivity contribution in [3.63, 3.8) is 0 Å². The molecule has 1 aromatic carbocycles. The Labute approximate surface area is 104 Å². The van der Waals surface area contributed by atoms with Crippen LogP contribution in [0.5, 0.6) is 5.75 Å². The van der Waals surface area contributed by atoms with Crippen LogP contribution in [0.4, 0.5) is 0 Å². The topological polar surface area (TPSA) is 9.23 Å². The zero-order valence-electron chi connectivity index (χ0n) is 12.8. The quantitative estimate of drug-likeness (QED) is 0.590. The summed E-state index contributed by atoms with van der Waals surface area (Å²) in [6, 6.07) is 9.68. The van der Waals surface area contributed by atoms with Crippen molar-refractivity contribution >= 4 is 0 Å². The molecule has 0 saturated carbocycles. The van der Waals surface area contributed by atoms with Crippen LogP contribution < -0.4 is 4.74 Å². The van der Waals surface area contributed by atoms with Crippen LogP contribution in [0.15, 0.2) is 30.3 Å². The molecule has 1 heteroatoms. The molecule has 1 nitrogen and oxygen atoms in total. The van der Waals surface area contributed by atoms with E-state index in [1.165, 1.54) is 0 Å². The fourth-order valence-corrected chi connectivity index (χ4v) is 0.557. The fourth-order valence-electron chi connectivity index (χ4n) is 0.557. The summed E-state index contributed by atoms with van der Waals surface area (Å²) in [5.74, 6) is 0.910. The van der Waals surface area contributed by atoms with Gasteiger partial charge in [-0.25, -0.2) is 0 Å². The maximum absolute atomic E-state index is 4.91. The number of methoxy groups -OCH3 is 1. The first-order valence-electron chi connectivity index (χ1n) is 6.52. The first-order chi connectivity index (χ1) is 7.93. The average Bonchev–Trinajstić information content (AvgIpc) is 2.48. The molecule has 16 heavy (non-hydrogen) atoms. The van der Waals surface area contributed by atoms with Gasteiger partial charge < -0.3 is 4.74 Å². The summed E-state index contributed by atoms with van der Waals surface area (Å²) >= 11 is 0. The molecule has 0 aliphatic heterocycles. The Kier molecular flexibility index (Phi) is 56.1. The van der Waals surface area contributed by atoms with E-state index in [-0.39, 0.29) is 0 Å². The third kappa shape index (κ3) is 23.1. The number of hydrogen-bond acceptors (Lipinski definition) is 1. The van der Waals surface area contributed by atoms with E-state index in [1.54, 1.807) is 7.11 Å². The van der Waals surface area contributed by atoms with E-state index in [9.17, 15) is 0 Å². The molecule has 0 aliphatic rings. The lowest BCUT2D eigenvalue weighted by atomic mass is 10.3. The van der Waals surface area contributed by atoms with Crippen molar-refractivity contribution in [2.24, 2.45) is 0 Å². The Bertz CT molecular complexity index is 147. The number of para-hydroxylation sites is 1. The van der Waals surface area contributed by atoms with Crippen molar-refractivity contribution < 1.29 is 4.74 Å². The van der Waals surface area contributed by atoms with Crippen LogP contribution in [0.25, 0.3) is 0 Å². The van der Waals surface area contributed by atoms with Gasteiger partial charge in [-0.05, 0) is 12.1 Å². The summed E-state index contributed by atoms with van der Waals surface area (Å²) in [6.07, 6.45) is 0. The Morgan fingerprint density at radius 3 is 1.12 bits per heavy atom. The van der Waals surface area contributed by atoms with Gasteiger partial charge in [0.2, 0.25) is 0 Å². The second-order valence-corrected chi connectivity index (χ2v) is 1.52. The van der Waals surface area contributed by atoms with Crippen molar-refractivity contribution in [3.05, 3.63) is 30.3 Å². The molecule has 0 amide bonds. The SMILES string of the molecule is CC.CC.CC.CC.COc1ccccc1. The highest BCUT2D eigenvalue weighted by molar-refractivity contribution is 5.20. The minimum atomic E-state index is 0.910. The molecule has 0 bridgehead atoms. The van der Waals surface area contributed by atoms with Crippen molar-refractivity contribution in [2.75, 3.05) is 7.11 Å². The second-order valence-electron chi connectivity index (χ2n) is 1.52. The number of rotatable bonds is 1. The van der Waals surface area contributed by atoms with Crippen LogP contribution in [0, 0.1) is 0 Å². The highest BCUT2D eigenvalue weighted by Crippen LogP contribution is 2.05. The third-order valence-electron chi connectivity index (χ3n) is 0.979. The molecule has 0 radical (unpaired) electrons. The molecule has 0 saturated heterocycles. The van der Waals surface area contributed by atoms with Crippen molar-refractivity contribution in [3.8, 4) is 5.75 Å². The van der Waals surface area contributed by atoms with Gasteiger partial charge in [-0.1, -0.05) is 73.6 Å². The van der Waals surface area contributed by atoms with E-state index >= 15 is 0 Å². The van der Waals surface area contributed by atoms with Crippen LogP contribution in [0.2, 0.25) is 0 Å². The molecule has 0 aromatic heterocycles. The maximum atomic E-state index is 4.91. The molecule has 0 fully saturated rings. The lowest BCUT2D eigenvalue weighted by Gasteiger charge is -1.93. The van der Waals surface area contributed by atoms with E-state index < -0.39 is 0 Å². The van der Waals surface area contributed by atoms with Crippen molar-refractivity contribution in [2.45, 2.75) is 55.4 Å².